The Bertz CT molecular complexity index is 1100. The van der Waals surface area contributed by atoms with Gasteiger partial charge in [-0.2, -0.15) is 0 Å². The van der Waals surface area contributed by atoms with Gasteiger partial charge in [0.15, 0.2) is 0 Å². The molecule has 1 aromatic rings. The van der Waals surface area contributed by atoms with Gasteiger partial charge in [-0.25, -0.2) is 17.9 Å². The fraction of sp³-hybridized carbons (Fsp3) is 0.545. The maximum absolute atomic E-state index is 13.3. The van der Waals surface area contributed by atoms with Crippen LogP contribution in [0.15, 0.2) is 41.3 Å². The number of sulfonamides is 1. The summed E-state index contributed by atoms with van der Waals surface area (Å²) in [6, 6.07) is 4.23. The van der Waals surface area contributed by atoms with Crippen LogP contribution in [0.1, 0.15) is 45.4 Å². The normalized spacial score (nSPS) is 30.5. The molecular formula is C22H24F3NO6S. The van der Waals surface area contributed by atoms with E-state index in [0.29, 0.717) is 25.7 Å². The molecule has 2 unspecified atom stereocenters. The number of halogens is 3. The Balaban J connectivity index is 1.60. The number of rotatable bonds is 6. The second kappa shape index (κ2) is 7.75. The first-order valence-corrected chi connectivity index (χ1v) is 12.0. The molecule has 0 radical (unpaired) electrons. The number of alkyl halides is 3. The molecule has 7 nitrogen and oxygen atoms in total. The summed E-state index contributed by atoms with van der Waals surface area (Å²) in [5.74, 6) is -2.12. The van der Waals surface area contributed by atoms with E-state index in [-0.39, 0.29) is 23.8 Å². The van der Waals surface area contributed by atoms with Crippen LogP contribution in [0, 0.1) is 17.3 Å². The van der Waals surface area contributed by atoms with Crippen molar-refractivity contribution in [1.29, 1.82) is 0 Å². The molecule has 0 aromatic heterocycles. The summed E-state index contributed by atoms with van der Waals surface area (Å²) >= 11 is 0. The van der Waals surface area contributed by atoms with Crippen LogP contribution in [0.5, 0.6) is 5.75 Å². The molecule has 0 spiro atoms. The van der Waals surface area contributed by atoms with Crippen LogP contribution in [0.25, 0.3) is 0 Å². The van der Waals surface area contributed by atoms with E-state index in [2.05, 4.69) is 11.3 Å². The highest BCUT2D eigenvalue weighted by molar-refractivity contribution is 7.90. The first-order valence-electron chi connectivity index (χ1n) is 10.5. The molecule has 33 heavy (non-hydrogen) atoms. The third-order valence-corrected chi connectivity index (χ3v) is 8.11. The SMILES string of the molecule is C=C(C)C(=O)OC12CC3CC(C1)CC(C(=O)NS(=O)(=O)c1ccccc1OC(F)(F)F)(C3)C2. The molecule has 1 N–H and O–H groups in total. The van der Waals surface area contributed by atoms with Crippen molar-refractivity contribution >= 4 is 21.9 Å². The van der Waals surface area contributed by atoms with Gasteiger partial charge in [-0.05, 0) is 63.0 Å². The van der Waals surface area contributed by atoms with Crippen molar-refractivity contribution in [3.05, 3.63) is 36.4 Å². The molecule has 0 saturated heterocycles. The topological polar surface area (TPSA) is 98.8 Å². The molecule has 4 bridgehead atoms. The molecule has 1 aromatic carbocycles. The monoisotopic (exact) mass is 487 g/mol. The fourth-order valence-corrected chi connectivity index (χ4v) is 7.22. The summed E-state index contributed by atoms with van der Waals surface area (Å²) in [4.78, 5) is 24.8. The first kappa shape index (κ1) is 23.6. The number of carbonyl (C=O) groups is 2. The largest absolute Gasteiger partial charge is 0.573 e. The van der Waals surface area contributed by atoms with Crippen LogP contribution in [-0.4, -0.2) is 32.3 Å². The average molecular weight is 487 g/mol. The number of nitrogens with one attached hydrogen (secondary N) is 1. The summed E-state index contributed by atoms with van der Waals surface area (Å²) in [5.41, 5.74) is -1.74. The van der Waals surface area contributed by atoms with E-state index < -0.39 is 49.9 Å². The summed E-state index contributed by atoms with van der Waals surface area (Å²) in [6.45, 7) is 5.12. The van der Waals surface area contributed by atoms with Crippen LogP contribution in [0.3, 0.4) is 0 Å². The standard InChI is InChI=1S/C22H24F3NO6S/c1-13(2)18(27)32-21-10-14-7-15(11-21)9-20(8-14,12-21)19(28)26-33(29,30)17-6-4-3-5-16(17)31-22(23,24)25/h3-6,14-15H,1,7-12H2,2H3,(H,26,28). The zero-order valence-electron chi connectivity index (χ0n) is 17.9. The summed E-state index contributed by atoms with van der Waals surface area (Å²) in [6.07, 6.45) is -2.05. The van der Waals surface area contributed by atoms with Gasteiger partial charge in [-0.1, -0.05) is 18.7 Å². The number of ether oxygens (including phenoxy) is 2. The first-order chi connectivity index (χ1) is 15.2. The van der Waals surface area contributed by atoms with Crippen molar-refractivity contribution in [2.75, 3.05) is 0 Å². The Kier molecular flexibility index (Phi) is 5.54. The molecule has 4 aliphatic rings. The molecule has 1 amide bonds. The Hall–Kier alpha value is -2.56. The summed E-state index contributed by atoms with van der Waals surface area (Å²) in [7, 11) is -4.66. The van der Waals surface area contributed by atoms with Gasteiger partial charge >= 0.3 is 12.3 Å². The van der Waals surface area contributed by atoms with Crippen LogP contribution < -0.4 is 9.46 Å². The van der Waals surface area contributed by atoms with Crippen molar-refractivity contribution in [2.45, 2.75) is 62.3 Å². The predicted molar refractivity (Wildman–Crippen MR) is 109 cm³/mol. The van der Waals surface area contributed by atoms with E-state index in [1.165, 1.54) is 19.1 Å². The number of esters is 1. The Morgan fingerprint density at radius 1 is 1.12 bits per heavy atom. The average Bonchev–Trinajstić information content (AvgIpc) is 2.65. The van der Waals surface area contributed by atoms with Crippen molar-refractivity contribution in [1.82, 2.24) is 4.72 Å². The maximum atomic E-state index is 13.3. The van der Waals surface area contributed by atoms with Crippen molar-refractivity contribution in [2.24, 2.45) is 17.3 Å². The Morgan fingerprint density at radius 3 is 2.30 bits per heavy atom. The second-order valence-electron chi connectivity index (χ2n) is 9.52. The number of benzene rings is 1. The lowest BCUT2D eigenvalue weighted by Gasteiger charge is -2.60. The van der Waals surface area contributed by atoms with E-state index in [1.807, 2.05) is 4.72 Å². The van der Waals surface area contributed by atoms with Crippen LogP contribution >= 0.6 is 0 Å². The minimum atomic E-state index is -5.10. The van der Waals surface area contributed by atoms with E-state index in [0.717, 1.165) is 18.6 Å². The second-order valence-corrected chi connectivity index (χ2v) is 11.2. The molecule has 4 saturated carbocycles. The highest BCUT2D eigenvalue weighted by Crippen LogP contribution is 2.63. The highest BCUT2D eigenvalue weighted by Gasteiger charge is 2.62. The molecule has 4 aliphatic carbocycles. The number of carbonyl (C=O) groups excluding carboxylic acids is 2. The number of para-hydroxylation sites is 1. The molecule has 2 atom stereocenters. The van der Waals surface area contributed by atoms with Crippen molar-refractivity contribution < 1.29 is 40.7 Å². The van der Waals surface area contributed by atoms with Crippen LogP contribution in [0.2, 0.25) is 0 Å². The van der Waals surface area contributed by atoms with Gasteiger partial charge < -0.3 is 9.47 Å². The Labute approximate surface area is 189 Å². The molecule has 4 fully saturated rings. The van der Waals surface area contributed by atoms with E-state index >= 15 is 0 Å². The van der Waals surface area contributed by atoms with Crippen LogP contribution in [0.4, 0.5) is 13.2 Å². The van der Waals surface area contributed by atoms with Crippen LogP contribution in [-0.2, 0) is 24.3 Å². The zero-order valence-corrected chi connectivity index (χ0v) is 18.7. The van der Waals surface area contributed by atoms with Gasteiger partial charge in [0.2, 0.25) is 5.91 Å². The number of amides is 1. The Morgan fingerprint density at radius 2 is 1.73 bits per heavy atom. The molecule has 11 heteroatoms. The van der Waals surface area contributed by atoms with Gasteiger partial charge in [0.1, 0.15) is 16.2 Å². The molecule has 0 heterocycles. The van der Waals surface area contributed by atoms with Gasteiger partial charge in [0.25, 0.3) is 10.0 Å². The van der Waals surface area contributed by atoms with Gasteiger partial charge in [0, 0.05) is 12.0 Å². The van der Waals surface area contributed by atoms with Gasteiger partial charge in [-0.15, -0.1) is 13.2 Å². The molecule has 5 rings (SSSR count). The maximum Gasteiger partial charge on any atom is 0.573 e. The van der Waals surface area contributed by atoms with Gasteiger partial charge in [-0.3, -0.25) is 4.79 Å². The van der Waals surface area contributed by atoms with Crippen molar-refractivity contribution in [3.8, 4) is 5.75 Å². The third kappa shape index (κ3) is 4.60. The molecular weight excluding hydrogens is 463 g/mol. The number of hydrogen-bond acceptors (Lipinski definition) is 6. The zero-order chi connectivity index (χ0) is 24.2. The lowest BCUT2D eigenvalue weighted by molar-refractivity contribution is -0.275. The molecule has 0 aliphatic heterocycles. The quantitative estimate of drug-likeness (QED) is 0.484. The number of hydrogen-bond donors (Lipinski definition) is 1. The fourth-order valence-electron chi connectivity index (χ4n) is 6.01. The minimum absolute atomic E-state index is 0.0819. The smallest absolute Gasteiger partial charge is 0.456 e. The summed E-state index contributed by atoms with van der Waals surface area (Å²) in [5, 5.41) is 0. The minimum Gasteiger partial charge on any atom is -0.456 e. The summed E-state index contributed by atoms with van der Waals surface area (Å²) < 4.78 is 75.6. The third-order valence-electron chi connectivity index (χ3n) is 6.74. The van der Waals surface area contributed by atoms with E-state index in [9.17, 15) is 31.2 Å². The molecule has 180 valence electrons. The van der Waals surface area contributed by atoms with E-state index in [4.69, 9.17) is 4.74 Å². The van der Waals surface area contributed by atoms with Crippen molar-refractivity contribution in [3.63, 3.8) is 0 Å². The highest BCUT2D eigenvalue weighted by atomic mass is 32.2. The van der Waals surface area contributed by atoms with E-state index in [1.54, 1.807) is 0 Å². The predicted octanol–water partition coefficient (Wildman–Crippen LogP) is 3.85. The lowest BCUT2D eigenvalue weighted by atomic mass is 9.47. The lowest BCUT2D eigenvalue weighted by Crippen LogP contribution is -2.62. The van der Waals surface area contributed by atoms with Gasteiger partial charge in [0.05, 0.1) is 5.41 Å².